The lowest BCUT2D eigenvalue weighted by atomic mass is 10.1. The largest absolute Gasteiger partial charge is 0.394 e. The monoisotopic (exact) mass is 339 g/mol. The summed E-state index contributed by atoms with van der Waals surface area (Å²) in [6.45, 7) is -0.0789. The third kappa shape index (κ3) is 4.50. The summed E-state index contributed by atoms with van der Waals surface area (Å²) in [4.78, 5) is 12.2. The number of hydrogen-bond acceptors (Lipinski definition) is 4. The third-order valence-corrected chi connectivity index (χ3v) is 4.08. The van der Waals surface area contributed by atoms with Crippen LogP contribution in [-0.2, 0) is 0 Å². The molecule has 22 heavy (non-hydrogen) atoms. The fourth-order valence-electron chi connectivity index (χ4n) is 1.94. The first kappa shape index (κ1) is 16.9. The molecule has 1 atom stereocenters. The van der Waals surface area contributed by atoms with E-state index in [0.29, 0.717) is 16.4 Å². The number of benzene rings is 1. The van der Waals surface area contributed by atoms with Gasteiger partial charge in [-0.2, -0.15) is 16.9 Å². The Labute approximate surface area is 138 Å². The summed E-state index contributed by atoms with van der Waals surface area (Å²) in [6, 6.07) is 8.67. The SMILES string of the molecule is CSCCC(CO)NC(=O)c1cc(-c2ccc(Cl)cc2)n[nH]1. The van der Waals surface area contributed by atoms with E-state index in [4.69, 9.17) is 11.6 Å². The lowest BCUT2D eigenvalue weighted by Gasteiger charge is -2.14. The van der Waals surface area contributed by atoms with Crippen molar-refractivity contribution in [1.29, 1.82) is 0 Å². The van der Waals surface area contributed by atoms with Crippen LogP contribution in [0.4, 0.5) is 0 Å². The number of aliphatic hydroxyl groups excluding tert-OH is 1. The van der Waals surface area contributed by atoms with Crippen LogP contribution < -0.4 is 5.32 Å². The van der Waals surface area contributed by atoms with Crippen LogP contribution in [-0.4, -0.2) is 45.9 Å². The highest BCUT2D eigenvalue weighted by atomic mass is 35.5. The second-order valence-corrected chi connectivity index (χ2v) is 6.23. The van der Waals surface area contributed by atoms with Crippen molar-refractivity contribution in [3.63, 3.8) is 0 Å². The molecule has 0 aliphatic heterocycles. The maximum absolute atomic E-state index is 12.2. The minimum atomic E-state index is -0.270. The van der Waals surface area contributed by atoms with E-state index in [1.807, 2.05) is 18.4 Å². The van der Waals surface area contributed by atoms with Gasteiger partial charge < -0.3 is 10.4 Å². The molecule has 1 aromatic heterocycles. The predicted molar refractivity (Wildman–Crippen MR) is 90.4 cm³/mol. The summed E-state index contributed by atoms with van der Waals surface area (Å²) in [5.41, 5.74) is 1.92. The molecule has 0 saturated carbocycles. The average molecular weight is 340 g/mol. The zero-order valence-electron chi connectivity index (χ0n) is 12.2. The van der Waals surface area contributed by atoms with Crippen LogP contribution in [0.25, 0.3) is 11.3 Å². The van der Waals surface area contributed by atoms with Crippen molar-refractivity contribution >= 4 is 29.3 Å². The van der Waals surface area contributed by atoms with E-state index in [2.05, 4.69) is 15.5 Å². The van der Waals surface area contributed by atoms with Crippen molar-refractivity contribution in [2.45, 2.75) is 12.5 Å². The van der Waals surface area contributed by atoms with Gasteiger partial charge in [-0.25, -0.2) is 0 Å². The Kier molecular flexibility index (Phi) is 6.30. The van der Waals surface area contributed by atoms with Crippen molar-refractivity contribution in [3.8, 4) is 11.3 Å². The van der Waals surface area contributed by atoms with Crippen molar-refractivity contribution < 1.29 is 9.90 Å². The first-order chi connectivity index (χ1) is 10.6. The highest BCUT2D eigenvalue weighted by Crippen LogP contribution is 2.20. The minimum Gasteiger partial charge on any atom is -0.394 e. The number of aromatic nitrogens is 2. The number of rotatable bonds is 7. The number of aromatic amines is 1. The topological polar surface area (TPSA) is 78.0 Å². The molecular formula is C15H18ClN3O2S. The van der Waals surface area contributed by atoms with E-state index in [-0.39, 0.29) is 18.6 Å². The van der Waals surface area contributed by atoms with Gasteiger partial charge >= 0.3 is 0 Å². The molecule has 1 unspecified atom stereocenters. The molecule has 0 fully saturated rings. The molecule has 118 valence electrons. The zero-order valence-corrected chi connectivity index (χ0v) is 13.7. The van der Waals surface area contributed by atoms with Crippen LogP contribution in [0.2, 0.25) is 5.02 Å². The lowest BCUT2D eigenvalue weighted by Crippen LogP contribution is -2.38. The number of aliphatic hydroxyl groups is 1. The van der Waals surface area contributed by atoms with Crippen molar-refractivity contribution in [2.24, 2.45) is 0 Å². The molecule has 1 amide bonds. The minimum absolute atomic E-state index is 0.0789. The third-order valence-electron chi connectivity index (χ3n) is 3.19. The first-order valence-corrected chi connectivity index (χ1v) is 8.63. The summed E-state index contributed by atoms with van der Waals surface area (Å²) in [6.07, 6.45) is 2.71. The first-order valence-electron chi connectivity index (χ1n) is 6.86. The number of amides is 1. The maximum atomic E-state index is 12.2. The number of thioether (sulfide) groups is 1. The fourth-order valence-corrected chi connectivity index (χ4v) is 2.59. The normalized spacial score (nSPS) is 12.1. The lowest BCUT2D eigenvalue weighted by molar-refractivity contribution is 0.0910. The quantitative estimate of drug-likeness (QED) is 0.724. The average Bonchev–Trinajstić information content (AvgIpc) is 3.02. The van der Waals surface area contributed by atoms with Gasteiger partial charge in [-0.3, -0.25) is 9.89 Å². The van der Waals surface area contributed by atoms with Crippen LogP contribution in [0, 0.1) is 0 Å². The number of H-pyrrole nitrogens is 1. The van der Waals surface area contributed by atoms with E-state index >= 15 is 0 Å². The Balaban J connectivity index is 2.03. The molecule has 7 heteroatoms. The Bertz CT molecular complexity index is 616. The van der Waals surface area contributed by atoms with Crippen molar-refractivity contribution in [1.82, 2.24) is 15.5 Å². The van der Waals surface area contributed by atoms with E-state index in [1.54, 1.807) is 30.0 Å². The molecule has 0 bridgehead atoms. The van der Waals surface area contributed by atoms with E-state index < -0.39 is 0 Å². The molecule has 1 heterocycles. The van der Waals surface area contributed by atoms with Gasteiger partial charge in [-0.1, -0.05) is 23.7 Å². The highest BCUT2D eigenvalue weighted by molar-refractivity contribution is 7.98. The van der Waals surface area contributed by atoms with Gasteiger partial charge in [0.2, 0.25) is 0 Å². The molecule has 0 spiro atoms. The molecule has 5 nitrogen and oxygen atoms in total. The molecular weight excluding hydrogens is 322 g/mol. The summed E-state index contributed by atoms with van der Waals surface area (Å²) in [5, 5.41) is 19.6. The van der Waals surface area contributed by atoms with Crippen LogP contribution >= 0.6 is 23.4 Å². The van der Waals surface area contributed by atoms with Gasteiger partial charge in [0.25, 0.3) is 5.91 Å². The van der Waals surface area contributed by atoms with Gasteiger partial charge in [0.15, 0.2) is 0 Å². The fraction of sp³-hybridized carbons (Fsp3) is 0.333. The van der Waals surface area contributed by atoms with Gasteiger partial charge in [0.1, 0.15) is 5.69 Å². The smallest absolute Gasteiger partial charge is 0.269 e. The number of nitrogens with zero attached hydrogens (tertiary/aromatic N) is 1. The summed E-state index contributed by atoms with van der Waals surface area (Å²) in [5.74, 6) is 0.609. The van der Waals surface area contributed by atoms with Crippen molar-refractivity contribution in [2.75, 3.05) is 18.6 Å². The van der Waals surface area contributed by atoms with Gasteiger partial charge in [-0.05, 0) is 36.6 Å². The number of carbonyl (C=O) groups is 1. The summed E-state index contributed by atoms with van der Waals surface area (Å²) >= 11 is 7.53. The number of nitrogens with one attached hydrogen (secondary N) is 2. The van der Waals surface area contributed by atoms with E-state index in [9.17, 15) is 9.90 Å². The van der Waals surface area contributed by atoms with E-state index in [1.165, 1.54) is 0 Å². The molecule has 0 aliphatic rings. The van der Waals surface area contributed by atoms with Crippen molar-refractivity contribution in [3.05, 3.63) is 41.0 Å². The Hall–Kier alpha value is -1.50. The van der Waals surface area contributed by atoms with Gasteiger partial charge in [0, 0.05) is 10.6 Å². The summed E-state index contributed by atoms with van der Waals surface area (Å²) < 4.78 is 0. The molecule has 2 rings (SSSR count). The van der Waals surface area contributed by atoms with Gasteiger partial charge in [0.05, 0.1) is 18.3 Å². The van der Waals surface area contributed by atoms with Gasteiger partial charge in [-0.15, -0.1) is 0 Å². The Morgan fingerprint density at radius 3 is 2.82 bits per heavy atom. The zero-order chi connectivity index (χ0) is 15.9. The molecule has 0 aliphatic carbocycles. The summed E-state index contributed by atoms with van der Waals surface area (Å²) in [7, 11) is 0. The van der Waals surface area contributed by atoms with Crippen LogP contribution in [0.1, 0.15) is 16.9 Å². The van der Waals surface area contributed by atoms with Crippen LogP contribution in [0.5, 0.6) is 0 Å². The number of halogens is 1. The highest BCUT2D eigenvalue weighted by Gasteiger charge is 2.15. The molecule has 1 aromatic carbocycles. The number of carbonyl (C=O) groups excluding carboxylic acids is 1. The number of hydrogen-bond donors (Lipinski definition) is 3. The van der Waals surface area contributed by atoms with Crippen LogP contribution in [0.15, 0.2) is 30.3 Å². The molecule has 2 aromatic rings. The van der Waals surface area contributed by atoms with E-state index in [0.717, 1.165) is 17.7 Å². The molecule has 0 radical (unpaired) electrons. The maximum Gasteiger partial charge on any atom is 0.269 e. The van der Waals surface area contributed by atoms with Crippen LogP contribution in [0.3, 0.4) is 0 Å². The Morgan fingerprint density at radius 2 is 2.18 bits per heavy atom. The molecule has 0 saturated heterocycles. The standard InChI is InChI=1S/C15H18ClN3O2S/c1-22-7-6-12(9-20)17-15(21)14-8-13(18-19-14)10-2-4-11(16)5-3-10/h2-5,8,12,20H,6-7,9H2,1H3,(H,17,21)(H,18,19). The molecule has 3 N–H and O–H groups in total. The predicted octanol–water partition coefficient (Wildman–Crippen LogP) is 2.57. The Morgan fingerprint density at radius 1 is 1.45 bits per heavy atom. The second-order valence-electron chi connectivity index (χ2n) is 4.81. The second kappa shape index (κ2) is 8.22.